The van der Waals surface area contributed by atoms with Gasteiger partial charge in [0.05, 0.1) is 17.8 Å². The van der Waals surface area contributed by atoms with Gasteiger partial charge in [-0.15, -0.1) is 0 Å². The van der Waals surface area contributed by atoms with Crippen LogP contribution in [0.2, 0.25) is 0 Å². The molecule has 0 radical (unpaired) electrons. The van der Waals surface area contributed by atoms with Gasteiger partial charge in [-0.05, 0) is 24.3 Å². The van der Waals surface area contributed by atoms with Gasteiger partial charge in [0.2, 0.25) is 17.6 Å². The Morgan fingerprint density at radius 1 is 1.20 bits per heavy atom. The van der Waals surface area contributed by atoms with E-state index < -0.39 is 0 Å². The third kappa shape index (κ3) is 2.70. The van der Waals surface area contributed by atoms with E-state index in [4.69, 9.17) is 5.26 Å². The average Bonchev–Trinajstić information content (AvgIpc) is 3.32. The van der Waals surface area contributed by atoms with E-state index in [9.17, 15) is 4.79 Å². The van der Waals surface area contributed by atoms with Gasteiger partial charge >= 0.3 is 0 Å². The fraction of sp³-hybridized carbons (Fsp3) is 0. The molecule has 3 aromatic heterocycles. The van der Waals surface area contributed by atoms with E-state index in [0.717, 1.165) is 0 Å². The molecule has 4 rings (SSSR count). The second-order valence-electron chi connectivity index (χ2n) is 5.22. The van der Waals surface area contributed by atoms with Crippen molar-refractivity contribution in [3.05, 3.63) is 71.8 Å². The highest BCUT2D eigenvalue weighted by Gasteiger charge is 2.16. The second-order valence-corrected chi connectivity index (χ2v) is 5.22. The smallest absolute Gasteiger partial charge is 0.230 e. The normalized spacial score (nSPS) is 10.5. The van der Waals surface area contributed by atoms with Gasteiger partial charge in [-0.3, -0.25) is 14.3 Å². The first kappa shape index (κ1) is 14.6. The number of carbonyl (C=O) groups excluding carboxylic acids is 1. The number of nitrogens with one attached hydrogen (secondary N) is 2. The predicted octanol–water partition coefficient (Wildman–Crippen LogP) is 2.30. The quantitative estimate of drug-likeness (QED) is 0.556. The molecule has 0 aliphatic carbocycles. The van der Waals surface area contributed by atoms with Gasteiger partial charge in [0.1, 0.15) is 11.5 Å². The summed E-state index contributed by atoms with van der Waals surface area (Å²) in [5.74, 6) is 0.759. The van der Waals surface area contributed by atoms with Crippen molar-refractivity contribution in [1.29, 1.82) is 5.26 Å². The molecular formula is C17H11N7O. The van der Waals surface area contributed by atoms with Crippen LogP contribution in [0.3, 0.4) is 0 Å². The van der Waals surface area contributed by atoms with E-state index in [1.54, 1.807) is 47.1 Å². The molecule has 0 atom stereocenters. The standard InChI is InChI=1S/C17H11N7O/c18-10-11-3-1-4-12(9-11)15(25)16-21-14-5-2-8-24(14)17(22-16)20-13-6-7-19-23-13/h1-9H,(H2,19,20,21,22,23). The molecule has 0 aliphatic heterocycles. The number of nitrogens with zero attached hydrogens (tertiary/aromatic N) is 5. The minimum absolute atomic E-state index is 0.0447. The third-order valence-electron chi connectivity index (χ3n) is 3.59. The summed E-state index contributed by atoms with van der Waals surface area (Å²) < 4.78 is 1.73. The molecule has 0 saturated heterocycles. The number of hydrogen-bond donors (Lipinski definition) is 2. The lowest BCUT2D eigenvalue weighted by Crippen LogP contribution is -2.12. The van der Waals surface area contributed by atoms with E-state index in [0.29, 0.717) is 28.5 Å². The number of H-pyrrole nitrogens is 1. The predicted molar refractivity (Wildman–Crippen MR) is 89.4 cm³/mol. The van der Waals surface area contributed by atoms with Crippen LogP contribution in [0.25, 0.3) is 5.65 Å². The van der Waals surface area contributed by atoms with Crippen molar-refractivity contribution in [1.82, 2.24) is 24.6 Å². The number of carbonyl (C=O) groups is 1. The molecule has 0 spiro atoms. The van der Waals surface area contributed by atoms with Crippen molar-refractivity contribution >= 4 is 23.2 Å². The molecule has 3 heterocycles. The van der Waals surface area contributed by atoms with Crippen molar-refractivity contribution in [2.24, 2.45) is 0 Å². The number of aromatic amines is 1. The Balaban J connectivity index is 1.79. The van der Waals surface area contributed by atoms with E-state index in [2.05, 4.69) is 25.5 Å². The molecule has 1 aromatic carbocycles. The highest BCUT2D eigenvalue weighted by molar-refractivity contribution is 6.07. The molecule has 0 bridgehead atoms. The molecule has 0 saturated carbocycles. The number of rotatable bonds is 4. The van der Waals surface area contributed by atoms with Crippen LogP contribution < -0.4 is 5.32 Å². The molecule has 25 heavy (non-hydrogen) atoms. The van der Waals surface area contributed by atoms with E-state index in [-0.39, 0.29) is 11.6 Å². The largest absolute Gasteiger partial charge is 0.310 e. The Labute approximate surface area is 141 Å². The molecule has 8 heteroatoms. The summed E-state index contributed by atoms with van der Waals surface area (Å²) in [6.45, 7) is 0. The molecule has 0 unspecified atom stereocenters. The molecular weight excluding hydrogens is 318 g/mol. The lowest BCUT2D eigenvalue weighted by Gasteiger charge is -2.08. The molecule has 0 aliphatic rings. The first-order chi connectivity index (χ1) is 12.2. The minimum atomic E-state index is -0.353. The monoisotopic (exact) mass is 329 g/mol. The Kier molecular flexibility index (Phi) is 3.44. The second kappa shape index (κ2) is 5.90. The Morgan fingerprint density at radius 2 is 2.12 bits per heavy atom. The number of ketones is 1. The molecule has 2 N–H and O–H groups in total. The van der Waals surface area contributed by atoms with Gasteiger partial charge in [0.25, 0.3) is 0 Å². The highest BCUT2D eigenvalue weighted by atomic mass is 16.1. The van der Waals surface area contributed by atoms with Crippen LogP contribution in [-0.2, 0) is 0 Å². The summed E-state index contributed by atoms with van der Waals surface area (Å²) in [4.78, 5) is 21.4. The lowest BCUT2D eigenvalue weighted by atomic mass is 10.1. The van der Waals surface area contributed by atoms with Crippen molar-refractivity contribution in [2.75, 3.05) is 5.32 Å². The SMILES string of the molecule is N#Cc1cccc(C(=O)c2nc(Nc3ccn[nH]3)n3cccc3n2)c1. The molecule has 8 nitrogen and oxygen atoms in total. The van der Waals surface area contributed by atoms with Crippen LogP contribution in [0.1, 0.15) is 21.7 Å². The zero-order valence-corrected chi connectivity index (χ0v) is 12.8. The van der Waals surface area contributed by atoms with Crippen molar-refractivity contribution in [3.63, 3.8) is 0 Å². The maximum atomic E-state index is 12.7. The molecule has 0 fully saturated rings. The fourth-order valence-corrected chi connectivity index (χ4v) is 2.42. The van der Waals surface area contributed by atoms with Crippen LogP contribution in [0.15, 0.2) is 54.9 Å². The van der Waals surface area contributed by atoms with Gasteiger partial charge in [-0.1, -0.05) is 12.1 Å². The summed E-state index contributed by atoms with van der Waals surface area (Å²) in [6.07, 6.45) is 3.40. The molecule has 4 aromatic rings. The van der Waals surface area contributed by atoms with Crippen molar-refractivity contribution in [2.45, 2.75) is 0 Å². The van der Waals surface area contributed by atoms with Gasteiger partial charge in [0, 0.05) is 17.8 Å². The number of hydrogen-bond acceptors (Lipinski definition) is 6. The van der Waals surface area contributed by atoms with E-state index in [1.165, 1.54) is 6.07 Å². The van der Waals surface area contributed by atoms with Gasteiger partial charge in [-0.2, -0.15) is 15.3 Å². The summed E-state index contributed by atoms with van der Waals surface area (Å²) in [6, 6.07) is 13.8. The number of anilines is 2. The topological polar surface area (TPSA) is 112 Å². The Bertz CT molecular complexity index is 1110. The average molecular weight is 329 g/mol. The third-order valence-corrected chi connectivity index (χ3v) is 3.59. The number of aromatic nitrogens is 5. The van der Waals surface area contributed by atoms with Crippen molar-refractivity contribution in [3.8, 4) is 6.07 Å². The summed E-state index contributed by atoms with van der Waals surface area (Å²) >= 11 is 0. The van der Waals surface area contributed by atoms with Gasteiger partial charge < -0.3 is 5.32 Å². The number of nitriles is 1. The van der Waals surface area contributed by atoms with Crippen LogP contribution in [0, 0.1) is 11.3 Å². The Morgan fingerprint density at radius 3 is 2.92 bits per heavy atom. The summed E-state index contributed by atoms with van der Waals surface area (Å²) in [5.41, 5.74) is 1.35. The summed E-state index contributed by atoms with van der Waals surface area (Å²) in [5, 5.41) is 18.7. The zero-order valence-electron chi connectivity index (χ0n) is 12.8. The fourth-order valence-electron chi connectivity index (χ4n) is 2.42. The lowest BCUT2D eigenvalue weighted by molar-refractivity contribution is 0.102. The molecule has 120 valence electrons. The van der Waals surface area contributed by atoms with E-state index >= 15 is 0 Å². The highest BCUT2D eigenvalue weighted by Crippen LogP contribution is 2.16. The number of benzene rings is 1. The maximum absolute atomic E-state index is 12.7. The van der Waals surface area contributed by atoms with Crippen molar-refractivity contribution < 1.29 is 4.79 Å². The first-order valence-electron chi connectivity index (χ1n) is 7.41. The van der Waals surface area contributed by atoms with Gasteiger partial charge in [-0.25, -0.2) is 4.98 Å². The summed E-state index contributed by atoms with van der Waals surface area (Å²) in [7, 11) is 0. The van der Waals surface area contributed by atoms with Crippen LogP contribution >= 0.6 is 0 Å². The van der Waals surface area contributed by atoms with Crippen LogP contribution in [0.5, 0.6) is 0 Å². The maximum Gasteiger partial charge on any atom is 0.230 e. The van der Waals surface area contributed by atoms with Crippen LogP contribution in [-0.4, -0.2) is 30.3 Å². The minimum Gasteiger partial charge on any atom is -0.310 e. The molecule has 0 amide bonds. The Hall–Kier alpha value is -3.99. The number of fused-ring (bicyclic) bond motifs is 1. The van der Waals surface area contributed by atoms with Gasteiger partial charge in [0.15, 0.2) is 0 Å². The zero-order chi connectivity index (χ0) is 17.2. The first-order valence-corrected chi connectivity index (χ1v) is 7.41. The van der Waals surface area contributed by atoms with Crippen LogP contribution in [0.4, 0.5) is 11.8 Å². The van der Waals surface area contributed by atoms with E-state index in [1.807, 2.05) is 12.1 Å².